The first-order valence-corrected chi connectivity index (χ1v) is 17.5. The molecule has 12 rings (SSSR count). The summed E-state index contributed by atoms with van der Waals surface area (Å²) >= 11 is 0. The minimum atomic E-state index is -0.437. The lowest BCUT2D eigenvalue weighted by Crippen LogP contribution is -2.26. The number of fused-ring (bicyclic) bond motifs is 8. The maximum Gasteiger partial charge on any atom is 0.164 e. The van der Waals surface area contributed by atoms with Gasteiger partial charge in [0, 0.05) is 16.7 Å². The van der Waals surface area contributed by atoms with Gasteiger partial charge in [-0.05, 0) is 82.5 Å². The van der Waals surface area contributed by atoms with Crippen LogP contribution in [0.5, 0.6) is 0 Å². The predicted octanol–water partition coefficient (Wildman–Crippen LogP) is 11.6. The van der Waals surface area contributed by atoms with E-state index in [1.54, 1.807) is 0 Å². The lowest BCUT2D eigenvalue weighted by Gasteiger charge is -2.31. The van der Waals surface area contributed by atoms with E-state index >= 15 is 0 Å². The van der Waals surface area contributed by atoms with Crippen LogP contribution in [0.1, 0.15) is 22.3 Å². The Morgan fingerprint density at radius 3 is 1.59 bits per heavy atom. The van der Waals surface area contributed by atoms with Gasteiger partial charge in [-0.15, -0.1) is 0 Å². The van der Waals surface area contributed by atoms with Crippen LogP contribution in [-0.4, -0.2) is 15.0 Å². The number of hydrogen-bond donors (Lipinski definition) is 0. The minimum Gasteiger partial charge on any atom is -0.208 e. The molecule has 0 fully saturated rings. The molecule has 3 nitrogen and oxygen atoms in total. The summed E-state index contributed by atoms with van der Waals surface area (Å²) in [6.07, 6.45) is 0. The van der Waals surface area contributed by atoms with Gasteiger partial charge in [-0.2, -0.15) is 0 Å². The third-order valence-corrected chi connectivity index (χ3v) is 11.4. The van der Waals surface area contributed by atoms with Crippen molar-refractivity contribution in [3.63, 3.8) is 0 Å². The highest BCUT2D eigenvalue weighted by Gasteiger charge is 2.51. The van der Waals surface area contributed by atoms with Crippen molar-refractivity contribution in [1.29, 1.82) is 0 Å². The van der Waals surface area contributed by atoms with E-state index in [1.807, 2.05) is 36.4 Å². The van der Waals surface area contributed by atoms with Crippen LogP contribution in [0.25, 0.3) is 88.4 Å². The molecule has 3 heteroatoms. The molecule has 0 saturated carbocycles. The summed E-state index contributed by atoms with van der Waals surface area (Å²) in [6, 6.07) is 59.3. The Hall–Kier alpha value is -6.71. The van der Waals surface area contributed by atoms with Crippen molar-refractivity contribution in [2.24, 2.45) is 0 Å². The highest BCUT2D eigenvalue weighted by Crippen LogP contribution is 2.64. The van der Waals surface area contributed by atoms with Crippen molar-refractivity contribution in [2.45, 2.75) is 5.41 Å². The van der Waals surface area contributed by atoms with Gasteiger partial charge >= 0.3 is 0 Å². The SMILES string of the molecule is c1ccc(-c2nc(-c3ccccc3)nc(-c3ccc4c(c3)-c3ccccc3C43c4cccc5c6cccc7ccc8ccc3c(c45)c8c76)n2)cc1. The third-order valence-electron chi connectivity index (χ3n) is 11.4. The van der Waals surface area contributed by atoms with Gasteiger partial charge in [-0.25, -0.2) is 15.0 Å². The monoisotopic (exact) mass is 645 g/mol. The summed E-state index contributed by atoms with van der Waals surface area (Å²) in [5.74, 6) is 2.00. The van der Waals surface area contributed by atoms with Crippen LogP contribution in [-0.2, 0) is 5.41 Å². The third kappa shape index (κ3) is 3.40. The van der Waals surface area contributed by atoms with Crippen molar-refractivity contribution in [2.75, 3.05) is 0 Å². The van der Waals surface area contributed by atoms with E-state index in [1.165, 1.54) is 76.5 Å². The Bertz CT molecular complexity index is 3020. The smallest absolute Gasteiger partial charge is 0.164 e. The second-order valence-electron chi connectivity index (χ2n) is 13.9. The Balaban J connectivity index is 1.15. The van der Waals surface area contributed by atoms with Crippen LogP contribution < -0.4 is 0 Å². The Morgan fingerprint density at radius 2 is 0.843 bits per heavy atom. The molecule has 0 saturated heterocycles. The van der Waals surface area contributed by atoms with Gasteiger partial charge in [0.1, 0.15) is 0 Å². The largest absolute Gasteiger partial charge is 0.208 e. The molecule has 9 aromatic carbocycles. The second-order valence-corrected chi connectivity index (χ2v) is 13.9. The molecule has 1 heterocycles. The van der Waals surface area contributed by atoms with Gasteiger partial charge in [0.05, 0.1) is 5.41 Å². The van der Waals surface area contributed by atoms with Crippen LogP contribution in [0.2, 0.25) is 0 Å². The first-order chi connectivity index (χ1) is 25.3. The van der Waals surface area contributed by atoms with Crippen LogP contribution in [0.3, 0.4) is 0 Å². The molecule has 234 valence electrons. The molecule has 1 unspecified atom stereocenters. The molecule has 1 spiro atoms. The van der Waals surface area contributed by atoms with Crippen LogP contribution in [0.4, 0.5) is 0 Å². The molecule has 0 radical (unpaired) electrons. The fraction of sp³-hybridized carbons (Fsp3) is 0.0208. The van der Waals surface area contributed by atoms with Gasteiger partial charge in [-0.1, -0.05) is 158 Å². The van der Waals surface area contributed by atoms with Gasteiger partial charge < -0.3 is 0 Å². The first kappa shape index (κ1) is 27.2. The van der Waals surface area contributed by atoms with E-state index in [0.717, 1.165) is 16.7 Å². The van der Waals surface area contributed by atoms with Gasteiger partial charge in [0.25, 0.3) is 0 Å². The lowest BCUT2D eigenvalue weighted by atomic mass is 9.70. The molecule has 2 aliphatic rings. The summed E-state index contributed by atoms with van der Waals surface area (Å²) < 4.78 is 0. The normalized spacial score (nSPS) is 15.5. The Morgan fingerprint density at radius 1 is 0.314 bits per heavy atom. The first-order valence-electron chi connectivity index (χ1n) is 17.5. The fourth-order valence-electron chi connectivity index (χ4n) is 9.44. The zero-order chi connectivity index (χ0) is 33.3. The number of benzene rings is 9. The summed E-state index contributed by atoms with van der Waals surface area (Å²) in [5, 5.41) is 10.8. The van der Waals surface area contributed by atoms with Gasteiger partial charge in [-0.3, -0.25) is 0 Å². The zero-order valence-electron chi connectivity index (χ0n) is 27.4. The molecular formula is C48H27N3. The minimum absolute atomic E-state index is 0.437. The highest BCUT2D eigenvalue weighted by atomic mass is 15.0. The summed E-state index contributed by atoms with van der Waals surface area (Å²) in [6.45, 7) is 0. The molecule has 0 N–H and O–H groups in total. The summed E-state index contributed by atoms with van der Waals surface area (Å²) in [7, 11) is 0. The lowest BCUT2D eigenvalue weighted by molar-refractivity contribution is 0.797. The van der Waals surface area contributed by atoms with Crippen molar-refractivity contribution in [3.05, 3.63) is 186 Å². The zero-order valence-corrected chi connectivity index (χ0v) is 27.4. The second kappa shape index (κ2) is 9.71. The molecule has 0 aliphatic heterocycles. The Labute approximate surface area is 293 Å². The van der Waals surface area contributed by atoms with E-state index in [4.69, 9.17) is 15.0 Å². The molecule has 51 heavy (non-hydrogen) atoms. The van der Waals surface area contributed by atoms with Crippen LogP contribution >= 0.6 is 0 Å². The van der Waals surface area contributed by atoms with Gasteiger partial charge in [0.2, 0.25) is 0 Å². The maximum atomic E-state index is 5.09. The predicted molar refractivity (Wildman–Crippen MR) is 208 cm³/mol. The van der Waals surface area contributed by atoms with E-state index in [-0.39, 0.29) is 0 Å². The summed E-state index contributed by atoms with van der Waals surface area (Å²) in [4.78, 5) is 15.1. The van der Waals surface area contributed by atoms with Crippen molar-refractivity contribution in [3.8, 4) is 45.3 Å². The standard InChI is InChI=1S/C48H27N3/c1-3-11-30(12-4-1)45-49-46(31-13-5-2-6-14-31)51-47(50-45)32-24-25-38-36(27-32)33-16-7-8-19-37(33)48(38)39-20-10-18-35-34-17-9-15-28-21-22-29-23-26-40(48)44(43(35)39)42(29)41(28)34/h1-27H. The number of aromatic nitrogens is 3. The summed E-state index contributed by atoms with van der Waals surface area (Å²) in [5.41, 5.74) is 10.3. The van der Waals surface area contributed by atoms with Crippen molar-refractivity contribution >= 4 is 43.1 Å². The molecule has 0 amide bonds. The van der Waals surface area contributed by atoms with Crippen molar-refractivity contribution in [1.82, 2.24) is 15.0 Å². The highest BCUT2D eigenvalue weighted by molar-refractivity contribution is 6.36. The molecule has 10 aromatic rings. The molecule has 0 bridgehead atoms. The average molecular weight is 646 g/mol. The van der Waals surface area contributed by atoms with Crippen LogP contribution in [0.15, 0.2) is 164 Å². The number of hydrogen-bond acceptors (Lipinski definition) is 3. The Kier molecular flexibility index (Phi) is 5.17. The van der Waals surface area contributed by atoms with Crippen molar-refractivity contribution < 1.29 is 0 Å². The van der Waals surface area contributed by atoms with E-state index in [0.29, 0.717) is 17.5 Å². The van der Waals surface area contributed by atoms with E-state index in [2.05, 4.69) is 127 Å². The van der Waals surface area contributed by atoms with Crippen LogP contribution in [0, 0.1) is 0 Å². The fourth-order valence-corrected chi connectivity index (χ4v) is 9.44. The topological polar surface area (TPSA) is 38.7 Å². The molecule has 1 atom stereocenters. The number of nitrogens with zero attached hydrogens (tertiary/aromatic N) is 3. The molecule has 1 aromatic heterocycles. The molecule has 2 aliphatic carbocycles. The average Bonchev–Trinajstić information content (AvgIpc) is 3.68. The quantitative estimate of drug-likeness (QED) is 0.142. The maximum absolute atomic E-state index is 5.09. The van der Waals surface area contributed by atoms with E-state index < -0.39 is 5.41 Å². The number of rotatable bonds is 3. The van der Waals surface area contributed by atoms with E-state index in [9.17, 15) is 0 Å². The van der Waals surface area contributed by atoms with Gasteiger partial charge in [0.15, 0.2) is 17.5 Å². The molecular weight excluding hydrogens is 619 g/mol.